The minimum absolute atomic E-state index is 0.348. The molecule has 2 rings (SSSR count). The van der Waals surface area contributed by atoms with Gasteiger partial charge in [-0.05, 0) is 43.5 Å². The number of urea groups is 1. The van der Waals surface area contributed by atoms with Crippen molar-refractivity contribution in [3.8, 4) is 0 Å². The standard InChI is InChI=1S/C21H29N3O5/c1-4-11-21(12-5-2)19(27)24(20(28)23-21)14-17(25)22-16-9-7-15(8-10-16)18(26)29-13-6-3/h7-10H,4-6,11-14H2,1-3H3,(H,22,25)(H,23,28). The Bertz CT molecular complexity index is 754. The van der Waals surface area contributed by atoms with E-state index in [1.54, 1.807) is 24.3 Å². The van der Waals surface area contributed by atoms with Crippen LogP contribution >= 0.6 is 0 Å². The van der Waals surface area contributed by atoms with Crippen LogP contribution < -0.4 is 10.6 Å². The molecule has 1 saturated heterocycles. The monoisotopic (exact) mass is 403 g/mol. The largest absolute Gasteiger partial charge is 0.462 e. The summed E-state index contributed by atoms with van der Waals surface area (Å²) in [6, 6.07) is 5.71. The fourth-order valence-corrected chi connectivity index (χ4v) is 3.45. The molecule has 29 heavy (non-hydrogen) atoms. The molecule has 1 fully saturated rings. The predicted octanol–water partition coefficient (Wildman–Crippen LogP) is 3.08. The first-order valence-corrected chi connectivity index (χ1v) is 10.1. The summed E-state index contributed by atoms with van der Waals surface area (Å²) in [7, 11) is 0. The Kier molecular flexibility index (Phi) is 7.75. The first-order chi connectivity index (χ1) is 13.9. The molecule has 1 aliphatic heterocycles. The van der Waals surface area contributed by atoms with Crippen molar-refractivity contribution in [3.63, 3.8) is 0 Å². The lowest BCUT2D eigenvalue weighted by atomic mass is 9.88. The molecule has 0 bridgehead atoms. The van der Waals surface area contributed by atoms with Crippen LogP contribution in [-0.2, 0) is 14.3 Å². The molecular weight excluding hydrogens is 374 g/mol. The van der Waals surface area contributed by atoms with Gasteiger partial charge in [0.25, 0.3) is 5.91 Å². The quantitative estimate of drug-likeness (QED) is 0.461. The fraction of sp³-hybridized carbons (Fsp3) is 0.524. The number of anilines is 1. The maximum atomic E-state index is 12.8. The molecule has 8 nitrogen and oxygen atoms in total. The van der Waals surface area contributed by atoms with Crippen molar-refractivity contribution >= 4 is 29.5 Å². The molecule has 4 amide bonds. The molecule has 8 heteroatoms. The topological polar surface area (TPSA) is 105 Å². The van der Waals surface area contributed by atoms with E-state index in [1.807, 2.05) is 20.8 Å². The highest BCUT2D eigenvalue weighted by Gasteiger charge is 2.50. The summed E-state index contributed by atoms with van der Waals surface area (Å²) in [5.74, 6) is -1.26. The van der Waals surface area contributed by atoms with Crippen LogP contribution in [0.5, 0.6) is 0 Å². The van der Waals surface area contributed by atoms with Gasteiger partial charge in [0, 0.05) is 5.69 Å². The lowest BCUT2D eigenvalue weighted by Crippen LogP contribution is -2.47. The van der Waals surface area contributed by atoms with Crippen LogP contribution in [0.2, 0.25) is 0 Å². The van der Waals surface area contributed by atoms with Crippen LogP contribution in [0.25, 0.3) is 0 Å². The summed E-state index contributed by atoms with van der Waals surface area (Å²) < 4.78 is 5.05. The molecule has 1 aromatic carbocycles. The second kappa shape index (κ2) is 10.0. The molecule has 0 unspecified atom stereocenters. The lowest BCUT2D eigenvalue weighted by molar-refractivity contribution is -0.134. The Morgan fingerprint density at radius 1 is 1.03 bits per heavy atom. The van der Waals surface area contributed by atoms with E-state index in [9.17, 15) is 19.2 Å². The van der Waals surface area contributed by atoms with Gasteiger partial charge in [-0.15, -0.1) is 0 Å². The zero-order chi connectivity index (χ0) is 21.4. The van der Waals surface area contributed by atoms with Crippen molar-refractivity contribution in [3.05, 3.63) is 29.8 Å². The first-order valence-electron chi connectivity index (χ1n) is 10.1. The molecule has 1 aromatic rings. The summed E-state index contributed by atoms with van der Waals surface area (Å²) >= 11 is 0. The molecule has 1 heterocycles. The van der Waals surface area contributed by atoms with E-state index in [2.05, 4.69) is 10.6 Å². The highest BCUT2D eigenvalue weighted by Crippen LogP contribution is 2.28. The van der Waals surface area contributed by atoms with Crippen LogP contribution in [0.1, 0.15) is 63.2 Å². The molecular formula is C21H29N3O5. The number of nitrogens with zero attached hydrogens (tertiary/aromatic N) is 1. The Labute approximate surface area is 171 Å². The molecule has 0 aliphatic carbocycles. The number of carbonyl (C=O) groups is 4. The van der Waals surface area contributed by atoms with Crippen molar-refractivity contribution in [2.75, 3.05) is 18.5 Å². The maximum Gasteiger partial charge on any atom is 0.338 e. The second-order valence-electron chi connectivity index (χ2n) is 7.17. The van der Waals surface area contributed by atoms with Crippen molar-refractivity contribution < 1.29 is 23.9 Å². The highest BCUT2D eigenvalue weighted by molar-refractivity contribution is 6.10. The fourth-order valence-electron chi connectivity index (χ4n) is 3.45. The third-order valence-electron chi connectivity index (χ3n) is 4.74. The molecule has 158 valence electrons. The number of hydrogen-bond donors (Lipinski definition) is 2. The minimum atomic E-state index is -0.915. The summed E-state index contributed by atoms with van der Waals surface area (Å²) in [6.07, 6.45) is 3.32. The van der Waals surface area contributed by atoms with E-state index in [0.29, 0.717) is 30.7 Å². The first kappa shape index (κ1) is 22.4. The van der Waals surface area contributed by atoms with Crippen LogP contribution in [0.15, 0.2) is 24.3 Å². The van der Waals surface area contributed by atoms with Crippen molar-refractivity contribution in [2.45, 2.75) is 58.4 Å². The summed E-state index contributed by atoms with van der Waals surface area (Å²) in [6.45, 7) is 5.80. The molecule has 0 saturated carbocycles. The van der Waals surface area contributed by atoms with Gasteiger partial charge < -0.3 is 15.4 Å². The maximum absolute atomic E-state index is 12.8. The Hall–Kier alpha value is -2.90. The zero-order valence-electron chi connectivity index (χ0n) is 17.2. The number of ether oxygens (including phenoxy) is 1. The normalized spacial score (nSPS) is 15.2. The zero-order valence-corrected chi connectivity index (χ0v) is 17.2. The third kappa shape index (κ3) is 5.34. The number of imide groups is 1. The molecule has 0 aromatic heterocycles. The van der Waals surface area contributed by atoms with Gasteiger partial charge in [0.2, 0.25) is 5.91 Å². The number of nitrogens with one attached hydrogen (secondary N) is 2. The molecule has 0 radical (unpaired) electrons. The van der Waals surface area contributed by atoms with Crippen molar-refractivity contribution in [1.29, 1.82) is 0 Å². The van der Waals surface area contributed by atoms with Crippen molar-refractivity contribution in [2.24, 2.45) is 0 Å². The van der Waals surface area contributed by atoms with E-state index in [0.717, 1.165) is 24.2 Å². The number of carbonyl (C=O) groups excluding carboxylic acids is 4. The lowest BCUT2D eigenvalue weighted by Gasteiger charge is -2.25. The number of benzene rings is 1. The van der Waals surface area contributed by atoms with Gasteiger partial charge in [0.05, 0.1) is 12.2 Å². The molecule has 1 aliphatic rings. The Morgan fingerprint density at radius 2 is 1.66 bits per heavy atom. The summed E-state index contributed by atoms with van der Waals surface area (Å²) in [4.78, 5) is 50.3. The predicted molar refractivity (Wildman–Crippen MR) is 108 cm³/mol. The van der Waals surface area contributed by atoms with Crippen LogP contribution in [0, 0.1) is 0 Å². The molecule has 0 atom stereocenters. The molecule has 2 N–H and O–H groups in total. The Balaban J connectivity index is 1.99. The number of amides is 4. The van der Waals surface area contributed by atoms with E-state index in [1.165, 1.54) is 0 Å². The minimum Gasteiger partial charge on any atom is -0.462 e. The average Bonchev–Trinajstić information content (AvgIpc) is 2.91. The van der Waals surface area contributed by atoms with Gasteiger partial charge in [-0.3, -0.25) is 14.5 Å². The number of esters is 1. The van der Waals surface area contributed by atoms with Gasteiger partial charge in [-0.1, -0.05) is 33.6 Å². The van der Waals surface area contributed by atoms with E-state index in [4.69, 9.17) is 4.74 Å². The van der Waals surface area contributed by atoms with Gasteiger partial charge in [-0.2, -0.15) is 0 Å². The van der Waals surface area contributed by atoms with E-state index >= 15 is 0 Å². The van der Waals surface area contributed by atoms with Gasteiger partial charge in [-0.25, -0.2) is 9.59 Å². The van der Waals surface area contributed by atoms with Gasteiger partial charge in [0.1, 0.15) is 12.1 Å². The van der Waals surface area contributed by atoms with Crippen LogP contribution in [0.4, 0.5) is 10.5 Å². The summed E-state index contributed by atoms with van der Waals surface area (Å²) in [5, 5.41) is 5.43. The van der Waals surface area contributed by atoms with Crippen LogP contribution in [-0.4, -0.2) is 47.4 Å². The third-order valence-corrected chi connectivity index (χ3v) is 4.74. The highest BCUT2D eigenvalue weighted by atomic mass is 16.5. The van der Waals surface area contributed by atoms with E-state index < -0.39 is 23.4 Å². The molecule has 0 spiro atoms. The van der Waals surface area contributed by atoms with Gasteiger partial charge >= 0.3 is 12.0 Å². The Morgan fingerprint density at radius 3 is 2.21 bits per heavy atom. The van der Waals surface area contributed by atoms with Crippen LogP contribution in [0.3, 0.4) is 0 Å². The smallest absolute Gasteiger partial charge is 0.338 e. The number of hydrogen-bond acceptors (Lipinski definition) is 5. The average molecular weight is 403 g/mol. The van der Waals surface area contributed by atoms with Crippen molar-refractivity contribution in [1.82, 2.24) is 10.2 Å². The second-order valence-corrected chi connectivity index (χ2v) is 7.17. The van der Waals surface area contributed by atoms with Gasteiger partial charge in [0.15, 0.2) is 0 Å². The summed E-state index contributed by atoms with van der Waals surface area (Å²) in [5.41, 5.74) is -0.0709. The SMILES string of the molecule is CCCOC(=O)c1ccc(NC(=O)CN2C(=O)NC(CCC)(CCC)C2=O)cc1. The van der Waals surface area contributed by atoms with E-state index in [-0.39, 0.29) is 12.5 Å². The number of rotatable bonds is 10.